The molecule has 0 bridgehead atoms. The van der Waals surface area contributed by atoms with Crippen LogP contribution in [0.1, 0.15) is 17.5 Å². The number of nitrogens with one attached hydrogen (secondary N) is 1. The number of rotatable bonds is 1. The highest BCUT2D eigenvalue weighted by molar-refractivity contribution is 5.66. The molecule has 0 atom stereocenters. The maximum atomic E-state index is 13.3. The highest BCUT2D eigenvalue weighted by Gasteiger charge is 2.07. The van der Waals surface area contributed by atoms with Gasteiger partial charge in [-0.15, -0.1) is 0 Å². The van der Waals surface area contributed by atoms with E-state index in [0.29, 0.717) is 5.56 Å². The van der Waals surface area contributed by atoms with Gasteiger partial charge >= 0.3 is 0 Å². The van der Waals surface area contributed by atoms with E-state index >= 15 is 0 Å². The van der Waals surface area contributed by atoms with Crippen molar-refractivity contribution in [2.45, 2.75) is 13.3 Å². The van der Waals surface area contributed by atoms with E-state index in [4.69, 9.17) is 0 Å². The molecule has 14 heavy (non-hydrogen) atoms. The van der Waals surface area contributed by atoms with Crippen LogP contribution in [0.2, 0.25) is 0 Å². The normalized spacial score (nSPS) is 16.6. The average Bonchev–Trinajstić information content (AvgIpc) is 2.23. The molecule has 74 valence electrons. The molecule has 1 aliphatic rings. The first-order valence-corrected chi connectivity index (χ1v) is 4.93. The van der Waals surface area contributed by atoms with Crippen molar-refractivity contribution in [2.75, 3.05) is 13.1 Å². The molecule has 0 saturated carbocycles. The number of aryl methyl sites for hydroxylation is 1. The van der Waals surface area contributed by atoms with E-state index in [9.17, 15) is 4.39 Å². The highest BCUT2D eigenvalue weighted by Crippen LogP contribution is 2.21. The zero-order chi connectivity index (χ0) is 9.97. The number of hydrogen-bond donors (Lipinski definition) is 1. The van der Waals surface area contributed by atoms with Crippen LogP contribution in [0.5, 0.6) is 0 Å². The Morgan fingerprint density at radius 1 is 1.36 bits per heavy atom. The lowest BCUT2D eigenvalue weighted by molar-refractivity contribution is 0.617. The van der Waals surface area contributed by atoms with Gasteiger partial charge in [0.15, 0.2) is 0 Å². The fourth-order valence-electron chi connectivity index (χ4n) is 1.68. The van der Waals surface area contributed by atoms with E-state index in [1.165, 1.54) is 5.57 Å². The van der Waals surface area contributed by atoms with Gasteiger partial charge in [0.05, 0.1) is 0 Å². The van der Waals surface area contributed by atoms with Crippen molar-refractivity contribution >= 4 is 5.57 Å². The first-order chi connectivity index (χ1) is 6.77. The third kappa shape index (κ3) is 1.85. The van der Waals surface area contributed by atoms with Crippen LogP contribution >= 0.6 is 0 Å². The predicted octanol–water partition coefficient (Wildman–Crippen LogP) is 2.51. The number of hydrogen-bond acceptors (Lipinski definition) is 1. The monoisotopic (exact) mass is 191 g/mol. The first-order valence-electron chi connectivity index (χ1n) is 4.93. The van der Waals surface area contributed by atoms with Gasteiger partial charge < -0.3 is 5.32 Å². The molecule has 2 rings (SSSR count). The van der Waals surface area contributed by atoms with Crippen LogP contribution in [0, 0.1) is 12.7 Å². The summed E-state index contributed by atoms with van der Waals surface area (Å²) < 4.78 is 13.3. The van der Waals surface area contributed by atoms with Gasteiger partial charge in [0.1, 0.15) is 5.82 Å². The third-order valence-electron chi connectivity index (χ3n) is 2.61. The summed E-state index contributed by atoms with van der Waals surface area (Å²) in [6.45, 7) is 3.67. The smallest absolute Gasteiger partial charge is 0.126 e. The molecular formula is C12H14FN. The summed E-state index contributed by atoms with van der Waals surface area (Å²) in [6.07, 6.45) is 3.12. The van der Waals surface area contributed by atoms with Crippen LogP contribution in [0.25, 0.3) is 5.57 Å². The van der Waals surface area contributed by atoms with E-state index in [2.05, 4.69) is 11.4 Å². The molecule has 0 unspecified atom stereocenters. The average molecular weight is 191 g/mol. The van der Waals surface area contributed by atoms with Crippen molar-refractivity contribution < 1.29 is 4.39 Å². The Labute approximate surface area is 83.6 Å². The zero-order valence-electron chi connectivity index (χ0n) is 8.31. The molecule has 0 amide bonds. The summed E-state index contributed by atoms with van der Waals surface area (Å²) in [5, 5.41) is 3.24. The summed E-state index contributed by atoms with van der Waals surface area (Å²) in [4.78, 5) is 0. The molecule has 1 aromatic carbocycles. The molecule has 1 heterocycles. The topological polar surface area (TPSA) is 12.0 Å². The van der Waals surface area contributed by atoms with Gasteiger partial charge in [0.2, 0.25) is 0 Å². The third-order valence-corrected chi connectivity index (χ3v) is 2.61. The van der Waals surface area contributed by atoms with E-state index in [-0.39, 0.29) is 5.82 Å². The standard InChI is InChI=1S/C12H14FN/c1-9-2-3-11(8-12(9)13)10-4-6-14-7-5-10/h2-4,8,14H,5-7H2,1H3. The van der Waals surface area contributed by atoms with E-state index in [1.54, 1.807) is 13.0 Å². The largest absolute Gasteiger partial charge is 0.313 e. The maximum Gasteiger partial charge on any atom is 0.126 e. The minimum atomic E-state index is -0.109. The second-order valence-electron chi connectivity index (χ2n) is 3.65. The van der Waals surface area contributed by atoms with Crippen molar-refractivity contribution in [1.29, 1.82) is 0 Å². The summed E-state index contributed by atoms with van der Waals surface area (Å²) in [7, 11) is 0. The number of benzene rings is 1. The zero-order valence-corrected chi connectivity index (χ0v) is 8.31. The quantitative estimate of drug-likeness (QED) is 0.719. The first kappa shape index (κ1) is 9.41. The number of halogens is 1. The van der Waals surface area contributed by atoms with Crippen LogP contribution in [-0.4, -0.2) is 13.1 Å². The van der Waals surface area contributed by atoms with Crippen molar-refractivity contribution in [2.24, 2.45) is 0 Å². The second kappa shape index (κ2) is 3.93. The molecule has 0 aliphatic carbocycles. The van der Waals surface area contributed by atoms with Gasteiger partial charge in [-0.05, 0) is 42.7 Å². The fourth-order valence-corrected chi connectivity index (χ4v) is 1.68. The second-order valence-corrected chi connectivity index (χ2v) is 3.65. The highest BCUT2D eigenvalue weighted by atomic mass is 19.1. The fraction of sp³-hybridized carbons (Fsp3) is 0.333. The van der Waals surface area contributed by atoms with Crippen LogP contribution in [0.3, 0.4) is 0 Å². The molecule has 2 heteroatoms. The molecule has 0 spiro atoms. The van der Waals surface area contributed by atoms with Crippen molar-refractivity contribution in [3.05, 3.63) is 41.2 Å². The van der Waals surface area contributed by atoms with Gasteiger partial charge in [0, 0.05) is 6.54 Å². The molecule has 1 aromatic rings. The van der Waals surface area contributed by atoms with E-state index in [1.807, 2.05) is 12.1 Å². The van der Waals surface area contributed by atoms with Crippen molar-refractivity contribution in [3.8, 4) is 0 Å². The Kier molecular flexibility index (Phi) is 2.64. The van der Waals surface area contributed by atoms with Gasteiger partial charge in [0.25, 0.3) is 0 Å². The van der Waals surface area contributed by atoms with Crippen LogP contribution in [-0.2, 0) is 0 Å². The Morgan fingerprint density at radius 3 is 2.86 bits per heavy atom. The van der Waals surface area contributed by atoms with Crippen molar-refractivity contribution in [3.63, 3.8) is 0 Å². The Bertz CT molecular complexity index is 369. The van der Waals surface area contributed by atoms with E-state index in [0.717, 1.165) is 25.1 Å². The summed E-state index contributed by atoms with van der Waals surface area (Å²) in [5.41, 5.74) is 2.99. The molecule has 0 fully saturated rings. The maximum absolute atomic E-state index is 13.3. The van der Waals surface area contributed by atoms with Crippen LogP contribution in [0.15, 0.2) is 24.3 Å². The van der Waals surface area contributed by atoms with Crippen LogP contribution in [0.4, 0.5) is 4.39 Å². The molecule has 1 N–H and O–H groups in total. The summed E-state index contributed by atoms with van der Waals surface area (Å²) >= 11 is 0. The molecule has 0 radical (unpaired) electrons. The molecule has 0 aromatic heterocycles. The molecule has 1 nitrogen and oxygen atoms in total. The van der Waals surface area contributed by atoms with Gasteiger partial charge in [-0.25, -0.2) is 4.39 Å². The minimum absolute atomic E-state index is 0.109. The van der Waals surface area contributed by atoms with Gasteiger partial charge in [-0.2, -0.15) is 0 Å². The SMILES string of the molecule is Cc1ccc(C2=CCNCC2)cc1F. The van der Waals surface area contributed by atoms with Gasteiger partial charge in [-0.1, -0.05) is 18.2 Å². The Morgan fingerprint density at radius 2 is 2.21 bits per heavy atom. The lowest BCUT2D eigenvalue weighted by atomic mass is 9.99. The predicted molar refractivity (Wildman–Crippen MR) is 56.6 cm³/mol. The van der Waals surface area contributed by atoms with Gasteiger partial charge in [-0.3, -0.25) is 0 Å². The summed E-state index contributed by atoms with van der Waals surface area (Å²) in [6, 6.07) is 5.47. The van der Waals surface area contributed by atoms with E-state index < -0.39 is 0 Å². The lowest BCUT2D eigenvalue weighted by Gasteiger charge is -2.14. The minimum Gasteiger partial charge on any atom is -0.313 e. The lowest BCUT2D eigenvalue weighted by Crippen LogP contribution is -2.20. The summed E-state index contributed by atoms with van der Waals surface area (Å²) in [5.74, 6) is -0.109. The molecule has 0 saturated heterocycles. The Balaban J connectivity index is 2.32. The molecular weight excluding hydrogens is 177 g/mol. The van der Waals surface area contributed by atoms with Crippen LogP contribution < -0.4 is 5.32 Å². The molecule has 1 aliphatic heterocycles. The Hall–Kier alpha value is -1.15. The van der Waals surface area contributed by atoms with Crippen molar-refractivity contribution in [1.82, 2.24) is 5.32 Å².